The Bertz CT molecular complexity index is 425. The maximum atomic E-state index is 11.1. The molecule has 0 bridgehead atoms. The van der Waals surface area contributed by atoms with E-state index in [0.717, 1.165) is 30.0 Å². The van der Waals surface area contributed by atoms with Gasteiger partial charge in [0.05, 0.1) is 0 Å². The van der Waals surface area contributed by atoms with E-state index in [4.69, 9.17) is 0 Å². The zero-order valence-corrected chi connectivity index (χ0v) is 11.0. The fourth-order valence-corrected chi connectivity index (χ4v) is 2.25. The Hall–Kier alpha value is -1.55. The molecule has 1 amide bonds. The highest BCUT2D eigenvalue weighted by atomic mass is 16.1. The molecule has 4 heteroatoms. The van der Waals surface area contributed by atoms with Crippen molar-refractivity contribution in [1.29, 1.82) is 0 Å². The lowest BCUT2D eigenvalue weighted by Crippen LogP contribution is -2.38. The number of amides is 1. The van der Waals surface area contributed by atoms with Crippen molar-refractivity contribution in [1.82, 2.24) is 5.32 Å². The van der Waals surface area contributed by atoms with Crippen molar-refractivity contribution >= 4 is 17.3 Å². The van der Waals surface area contributed by atoms with E-state index in [-0.39, 0.29) is 5.91 Å². The molecular formula is C14H21N3O. The summed E-state index contributed by atoms with van der Waals surface area (Å²) in [5, 5.41) is 9.75. The Labute approximate surface area is 108 Å². The third-order valence-electron chi connectivity index (χ3n) is 3.22. The van der Waals surface area contributed by atoms with Gasteiger partial charge in [0.2, 0.25) is 5.91 Å². The second-order valence-corrected chi connectivity index (χ2v) is 4.90. The molecule has 4 nitrogen and oxygen atoms in total. The van der Waals surface area contributed by atoms with Gasteiger partial charge in [0, 0.05) is 30.9 Å². The van der Waals surface area contributed by atoms with Crippen molar-refractivity contribution in [3.05, 3.63) is 23.8 Å². The van der Waals surface area contributed by atoms with Gasteiger partial charge in [-0.2, -0.15) is 0 Å². The van der Waals surface area contributed by atoms with E-state index < -0.39 is 0 Å². The number of aryl methyl sites for hydroxylation is 1. The molecule has 1 heterocycles. The van der Waals surface area contributed by atoms with Gasteiger partial charge in [-0.05, 0) is 44.0 Å². The summed E-state index contributed by atoms with van der Waals surface area (Å²) in [7, 11) is 0. The van der Waals surface area contributed by atoms with Crippen molar-refractivity contribution in [3.8, 4) is 0 Å². The maximum Gasteiger partial charge on any atom is 0.221 e. The van der Waals surface area contributed by atoms with Crippen molar-refractivity contribution in [2.75, 3.05) is 23.7 Å². The number of carbonyl (C=O) groups excluding carboxylic acids is 1. The van der Waals surface area contributed by atoms with Crippen LogP contribution in [0, 0.1) is 6.92 Å². The molecule has 2 rings (SSSR count). The van der Waals surface area contributed by atoms with Crippen molar-refractivity contribution in [2.45, 2.75) is 32.7 Å². The van der Waals surface area contributed by atoms with Crippen LogP contribution in [0.1, 0.15) is 25.3 Å². The summed E-state index contributed by atoms with van der Waals surface area (Å²) in [5.41, 5.74) is 3.03. The van der Waals surface area contributed by atoms with Crippen LogP contribution in [0.15, 0.2) is 18.2 Å². The fourth-order valence-electron chi connectivity index (χ4n) is 2.25. The molecule has 1 aromatic carbocycles. The van der Waals surface area contributed by atoms with Crippen LogP contribution in [0.4, 0.5) is 11.4 Å². The normalized spacial score (nSPS) is 19.3. The Morgan fingerprint density at radius 3 is 2.94 bits per heavy atom. The maximum absolute atomic E-state index is 11.1. The number of benzene rings is 1. The Morgan fingerprint density at radius 2 is 2.28 bits per heavy atom. The van der Waals surface area contributed by atoms with E-state index in [1.807, 2.05) is 19.1 Å². The van der Waals surface area contributed by atoms with Gasteiger partial charge in [0.1, 0.15) is 0 Å². The van der Waals surface area contributed by atoms with Crippen LogP contribution < -0.4 is 16.0 Å². The molecule has 1 aliphatic heterocycles. The van der Waals surface area contributed by atoms with Crippen molar-refractivity contribution < 1.29 is 4.79 Å². The Morgan fingerprint density at radius 1 is 1.44 bits per heavy atom. The van der Waals surface area contributed by atoms with E-state index in [2.05, 4.69) is 22.0 Å². The van der Waals surface area contributed by atoms with Gasteiger partial charge in [-0.25, -0.2) is 0 Å². The molecular weight excluding hydrogens is 226 g/mol. The minimum atomic E-state index is -0.0328. The van der Waals surface area contributed by atoms with Crippen LogP contribution in [0.3, 0.4) is 0 Å². The van der Waals surface area contributed by atoms with Crippen LogP contribution in [0.25, 0.3) is 0 Å². The molecule has 0 spiro atoms. The van der Waals surface area contributed by atoms with Crippen LogP contribution in [-0.2, 0) is 4.79 Å². The lowest BCUT2D eigenvalue weighted by atomic mass is 10.1. The van der Waals surface area contributed by atoms with Gasteiger partial charge in [0.15, 0.2) is 0 Å². The molecule has 98 valence electrons. The molecule has 0 aromatic heterocycles. The largest absolute Gasteiger partial charge is 0.381 e. The highest BCUT2D eigenvalue weighted by Crippen LogP contribution is 2.21. The monoisotopic (exact) mass is 247 g/mol. The third kappa shape index (κ3) is 3.47. The van der Waals surface area contributed by atoms with Crippen molar-refractivity contribution in [2.24, 2.45) is 0 Å². The predicted molar refractivity (Wildman–Crippen MR) is 75.0 cm³/mol. The number of piperidine rings is 1. The van der Waals surface area contributed by atoms with Crippen LogP contribution >= 0.6 is 0 Å². The first-order valence-corrected chi connectivity index (χ1v) is 6.50. The van der Waals surface area contributed by atoms with E-state index in [0.29, 0.717) is 6.04 Å². The van der Waals surface area contributed by atoms with Gasteiger partial charge in [-0.3, -0.25) is 4.79 Å². The molecule has 1 aliphatic rings. The van der Waals surface area contributed by atoms with Crippen LogP contribution in [0.2, 0.25) is 0 Å². The van der Waals surface area contributed by atoms with Crippen molar-refractivity contribution in [3.63, 3.8) is 0 Å². The molecule has 0 saturated carbocycles. The number of carbonyl (C=O) groups is 1. The minimum Gasteiger partial charge on any atom is -0.381 e. The van der Waals surface area contributed by atoms with E-state index in [9.17, 15) is 4.79 Å². The lowest BCUT2D eigenvalue weighted by molar-refractivity contribution is -0.114. The molecule has 1 fully saturated rings. The van der Waals surface area contributed by atoms with Gasteiger partial charge in [-0.1, -0.05) is 6.07 Å². The average molecular weight is 247 g/mol. The zero-order valence-electron chi connectivity index (χ0n) is 11.0. The van der Waals surface area contributed by atoms with Crippen LogP contribution in [0.5, 0.6) is 0 Å². The summed E-state index contributed by atoms with van der Waals surface area (Å²) in [4.78, 5) is 11.1. The molecule has 1 saturated heterocycles. The Balaban J connectivity index is 2.05. The minimum absolute atomic E-state index is 0.0328. The van der Waals surface area contributed by atoms with Gasteiger partial charge < -0.3 is 16.0 Å². The number of hydrogen-bond acceptors (Lipinski definition) is 3. The first-order chi connectivity index (χ1) is 8.65. The van der Waals surface area contributed by atoms with E-state index in [1.54, 1.807) is 0 Å². The second kappa shape index (κ2) is 5.87. The SMILES string of the molecule is CC(=O)Nc1cc(NC2CCCNC2)ccc1C. The standard InChI is InChI=1S/C14H21N3O/c1-10-5-6-12(8-14(10)16-11(2)18)17-13-4-3-7-15-9-13/h5-6,8,13,15,17H,3-4,7,9H2,1-2H3,(H,16,18). The number of anilines is 2. The van der Waals surface area contributed by atoms with E-state index in [1.165, 1.54) is 19.8 Å². The zero-order chi connectivity index (χ0) is 13.0. The van der Waals surface area contributed by atoms with Crippen LogP contribution in [-0.4, -0.2) is 25.0 Å². The molecule has 1 atom stereocenters. The summed E-state index contributed by atoms with van der Waals surface area (Å²) < 4.78 is 0. The van der Waals surface area contributed by atoms with E-state index >= 15 is 0 Å². The first-order valence-electron chi connectivity index (χ1n) is 6.50. The Kier molecular flexibility index (Phi) is 4.20. The van der Waals surface area contributed by atoms with Gasteiger partial charge in [0.25, 0.3) is 0 Å². The van der Waals surface area contributed by atoms with Gasteiger partial charge >= 0.3 is 0 Å². The predicted octanol–water partition coefficient (Wildman–Crippen LogP) is 2.12. The second-order valence-electron chi connectivity index (χ2n) is 4.90. The first kappa shape index (κ1) is 12.9. The van der Waals surface area contributed by atoms with Gasteiger partial charge in [-0.15, -0.1) is 0 Å². The quantitative estimate of drug-likeness (QED) is 0.767. The molecule has 0 radical (unpaired) electrons. The summed E-state index contributed by atoms with van der Waals surface area (Å²) >= 11 is 0. The molecule has 1 aromatic rings. The highest BCUT2D eigenvalue weighted by Gasteiger charge is 2.12. The highest BCUT2D eigenvalue weighted by molar-refractivity contribution is 5.90. The summed E-state index contributed by atoms with van der Waals surface area (Å²) in [6.45, 7) is 5.65. The molecule has 18 heavy (non-hydrogen) atoms. The number of nitrogens with one attached hydrogen (secondary N) is 3. The molecule has 3 N–H and O–H groups in total. The molecule has 0 aliphatic carbocycles. The smallest absolute Gasteiger partial charge is 0.221 e. The average Bonchev–Trinajstić information content (AvgIpc) is 2.34. The summed E-state index contributed by atoms with van der Waals surface area (Å²) in [6.07, 6.45) is 2.40. The number of rotatable bonds is 3. The fraction of sp³-hybridized carbons (Fsp3) is 0.500. The molecule has 1 unspecified atom stereocenters. The summed E-state index contributed by atoms with van der Waals surface area (Å²) in [5.74, 6) is -0.0328. The topological polar surface area (TPSA) is 53.2 Å². The third-order valence-corrected chi connectivity index (χ3v) is 3.22. The summed E-state index contributed by atoms with van der Waals surface area (Å²) in [6, 6.07) is 6.58. The lowest BCUT2D eigenvalue weighted by Gasteiger charge is -2.25. The number of hydrogen-bond donors (Lipinski definition) is 3.